The van der Waals surface area contributed by atoms with Crippen molar-refractivity contribution in [1.82, 2.24) is 14.9 Å². The van der Waals surface area contributed by atoms with Crippen molar-refractivity contribution in [3.63, 3.8) is 0 Å². The number of unbranched alkanes of at least 4 members (excludes halogenated alkanes) is 1. The third-order valence-corrected chi connectivity index (χ3v) is 4.93. The van der Waals surface area contributed by atoms with E-state index in [2.05, 4.69) is 14.9 Å². The first-order valence-electron chi connectivity index (χ1n) is 9.09. The lowest BCUT2D eigenvalue weighted by Crippen LogP contribution is -2.24. The number of furan rings is 1. The van der Waals surface area contributed by atoms with Gasteiger partial charge >= 0.3 is 0 Å². The fraction of sp³-hybridized carbons (Fsp3) is 0.474. The minimum atomic E-state index is -0.304. The summed E-state index contributed by atoms with van der Waals surface area (Å²) in [7, 11) is 0. The van der Waals surface area contributed by atoms with Crippen molar-refractivity contribution >= 4 is 22.1 Å². The molecule has 1 aliphatic heterocycles. The van der Waals surface area contributed by atoms with Gasteiger partial charge < -0.3 is 19.6 Å². The summed E-state index contributed by atoms with van der Waals surface area (Å²) in [6, 6.07) is 5.89. The second-order valence-corrected chi connectivity index (χ2v) is 6.98. The van der Waals surface area contributed by atoms with Crippen LogP contribution in [0, 0.1) is 0 Å². The molecule has 1 aliphatic rings. The van der Waals surface area contributed by atoms with Crippen LogP contribution in [0.2, 0.25) is 0 Å². The third kappa shape index (κ3) is 3.38. The molecular formula is C19H23N3O4. The molecule has 0 amide bonds. The van der Waals surface area contributed by atoms with Crippen LogP contribution in [0.25, 0.3) is 22.1 Å². The number of aryl methyl sites for hydroxylation is 1. The van der Waals surface area contributed by atoms with E-state index in [-0.39, 0.29) is 23.9 Å². The van der Waals surface area contributed by atoms with Crippen LogP contribution in [-0.2, 0) is 13.0 Å². The number of nitrogens with one attached hydrogen (secondary N) is 1. The van der Waals surface area contributed by atoms with Crippen LogP contribution in [0.3, 0.4) is 0 Å². The van der Waals surface area contributed by atoms with Crippen LogP contribution in [0.15, 0.2) is 27.4 Å². The number of hydrogen-bond donors (Lipinski definition) is 3. The van der Waals surface area contributed by atoms with Crippen LogP contribution >= 0.6 is 0 Å². The lowest BCUT2D eigenvalue weighted by Gasteiger charge is -2.13. The Morgan fingerprint density at radius 3 is 3.00 bits per heavy atom. The smallest absolute Gasteiger partial charge is 0.294 e. The Bertz CT molecular complexity index is 978. The molecule has 7 nitrogen and oxygen atoms in total. The average molecular weight is 357 g/mol. The molecule has 2 aromatic heterocycles. The number of aromatic amines is 1. The molecule has 0 bridgehead atoms. The van der Waals surface area contributed by atoms with E-state index in [1.54, 1.807) is 0 Å². The van der Waals surface area contributed by atoms with Gasteiger partial charge in [-0.15, -0.1) is 0 Å². The van der Waals surface area contributed by atoms with Gasteiger partial charge in [0, 0.05) is 25.1 Å². The highest BCUT2D eigenvalue weighted by molar-refractivity contribution is 6.02. The molecule has 1 aromatic carbocycles. The first-order chi connectivity index (χ1) is 12.6. The zero-order chi connectivity index (χ0) is 18.1. The lowest BCUT2D eigenvalue weighted by molar-refractivity contribution is 0.174. The number of fused-ring (bicyclic) bond motifs is 3. The second kappa shape index (κ2) is 7.19. The zero-order valence-electron chi connectivity index (χ0n) is 14.6. The van der Waals surface area contributed by atoms with Crippen molar-refractivity contribution in [1.29, 1.82) is 0 Å². The number of β-amino-alcohol motifs (C(OH)–C–C–N with tert-alkyl or cyclic N) is 1. The van der Waals surface area contributed by atoms with E-state index in [4.69, 9.17) is 9.52 Å². The first-order valence-corrected chi connectivity index (χ1v) is 9.09. The van der Waals surface area contributed by atoms with Crippen LogP contribution in [0.5, 0.6) is 0 Å². The van der Waals surface area contributed by atoms with Crippen molar-refractivity contribution < 1.29 is 14.6 Å². The summed E-state index contributed by atoms with van der Waals surface area (Å²) in [6.07, 6.45) is 2.99. The Kier molecular flexibility index (Phi) is 4.76. The molecular weight excluding hydrogens is 334 g/mol. The third-order valence-electron chi connectivity index (χ3n) is 4.93. The second-order valence-electron chi connectivity index (χ2n) is 6.98. The highest BCUT2D eigenvalue weighted by Gasteiger charge is 2.22. The summed E-state index contributed by atoms with van der Waals surface area (Å²) in [5.41, 5.74) is 2.35. The number of rotatable bonds is 6. The molecule has 3 aromatic rings. The van der Waals surface area contributed by atoms with Gasteiger partial charge in [0.2, 0.25) is 5.58 Å². The predicted molar refractivity (Wildman–Crippen MR) is 98.1 cm³/mol. The summed E-state index contributed by atoms with van der Waals surface area (Å²) < 4.78 is 5.71. The molecule has 0 radical (unpaired) electrons. The number of hydrogen-bond acceptors (Lipinski definition) is 6. The predicted octanol–water partition coefficient (Wildman–Crippen LogP) is 1.55. The highest BCUT2D eigenvalue weighted by Crippen LogP contribution is 2.27. The van der Waals surface area contributed by atoms with E-state index in [1.807, 2.05) is 18.2 Å². The Hall–Kier alpha value is -2.22. The Morgan fingerprint density at radius 2 is 2.23 bits per heavy atom. The number of aromatic nitrogens is 2. The van der Waals surface area contributed by atoms with Crippen LogP contribution in [0.4, 0.5) is 0 Å². The van der Waals surface area contributed by atoms with Crippen LogP contribution < -0.4 is 5.56 Å². The fourth-order valence-electron chi connectivity index (χ4n) is 3.59. The monoisotopic (exact) mass is 357 g/mol. The van der Waals surface area contributed by atoms with E-state index < -0.39 is 0 Å². The molecule has 26 heavy (non-hydrogen) atoms. The maximum atomic E-state index is 12.4. The van der Waals surface area contributed by atoms with Gasteiger partial charge in [0.15, 0.2) is 0 Å². The first kappa shape index (κ1) is 17.2. The molecule has 4 rings (SSSR count). The lowest BCUT2D eigenvalue weighted by atomic mass is 10.1. The number of H-pyrrole nitrogens is 1. The van der Waals surface area contributed by atoms with Gasteiger partial charge in [0.25, 0.3) is 5.56 Å². The number of nitrogens with zero attached hydrogens (tertiary/aromatic N) is 2. The summed E-state index contributed by atoms with van der Waals surface area (Å²) in [6.45, 7) is 2.10. The number of benzene rings is 1. The maximum Gasteiger partial charge on any atom is 0.294 e. The molecule has 3 N–H and O–H groups in total. The molecule has 0 saturated carbocycles. The Labute approximate surface area is 150 Å². The maximum absolute atomic E-state index is 12.4. The van der Waals surface area contributed by atoms with Gasteiger partial charge in [-0.25, -0.2) is 4.98 Å². The molecule has 1 atom stereocenters. The van der Waals surface area contributed by atoms with Crippen molar-refractivity contribution in [3.05, 3.63) is 39.9 Å². The van der Waals surface area contributed by atoms with Gasteiger partial charge in [0.1, 0.15) is 16.9 Å². The molecule has 7 heteroatoms. The van der Waals surface area contributed by atoms with Crippen molar-refractivity contribution in [2.45, 2.75) is 38.3 Å². The topological polar surface area (TPSA) is 103 Å². The normalized spacial score (nSPS) is 18.3. The molecule has 0 unspecified atom stereocenters. The minimum Gasteiger partial charge on any atom is -0.449 e. The molecule has 0 spiro atoms. The van der Waals surface area contributed by atoms with E-state index in [0.29, 0.717) is 30.0 Å². The van der Waals surface area contributed by atoms with Crippen molar-refractivity contribution in [2.75, 3.05) is 19.7 Å². The SMILES string of the molecule is O=c1[nH]c(CN2CC[C@H](O)C2)nc2c1oc1ccc(CCCCO)cc12. The molecule has 0 aliphatic carbocycles. The zero-order valence-corrected chi connectivity index (χ0v) is 14.6. The van der Waals surface area contributed by atoms with Gasteiger partial charge in [-0.1, -0.05) is 6.07 Å². The fourth-order valence-corrected chi connectivity index (χ4v) is 3.59. The standard InChI is InChI=1S/C19H23N3O4/c23-8-2-1-3-12-4-5-15-14(9-12)17-18(26-15)19(25)21-16(20-17)11-22-7-6-13(24)10-22/h4-5,9,13,23-24H,1-3,6-8,10-11H2,(H,20,21,25)/t13-/m0/s1. The Balaban J connectivity index is 1.69. The van der Waals surface area contributed by atoms with Crippen LogP contribution in [-0.4, -0.2) is 50.9 Å². The Morgan fingerprint density at radius 1 is 1.35 bits per heavy atom. The van der Waals surface area contributed by atoms with E-state index in [0.717, 1.165) is 43.2 Å². The van der Waals surface area contributed by atoms with Crippen molar-refractivity contribution in [2.24, 2.45) is 0 Å². The summed E-state index contributed by atoms with van der Waals surface area (Å²) in [5, 5.41) is 19.4. The molecule has 3 heterocycles. The highest BCUT2D eigenvalue weighted by atomic mass is 16.3. The van der Waals surface area contributed by atoms with E-state index >= 15 is 0 Å². The molecule has 138 valence electrons. The summed E-state index contributed by atoms with van der Waals surface area (Å²) in [5.74, 6) is 0.588. The molecule has 1 fully saturated rings. The van der Waals surface area contributed by atoms with E-state index in [9.17, 15) is 9.90 Å². The van der Waals surface area contributed by atoms with Gasteiger partial charge in [-0.2, -0.15) is 0 Å². The number of aliphatic hydroxyl groups excluding tert-OH is 2. The van der Waals surface area contributed by atoms with Gasteiger partial charge in [-0.05, 0) is 43.4 Å². The molecule has 1 saturated heterocycles. The number of aliphatic hydroxyl groups is 2. The summed E-state index contributed by atoms with van der Waals surface area (Å²) >= 11 is 0. The summed E-state index contributed by atoms with van der Waals surface area (Å²) in [4.78, 5) is 21.9. The van der Waals surface area contributed by atoms with Gasteiger partial charge in [-0.3, -0.25) is 9.69 Å². The quantitative estimate of drug-likeness (QED) is 0.579. The average Bonchev–Trinajstić information content (AvgIpc) is 3.19. The van der Waals surface area contributed by atoms with Crippen LogP contribution in [0.1, 0.15) is 30.7 Å². The van der Waals surface area contributed by atoms with Crippen molar-refractivity contribution in [3.8, 4) is 0 Å². The van der Waals surface area contributed by atoms with E-state index in [1.165, 1.54) is 0 Å². The minimum absolute atomic E-state index is 0.197. The number of likely N-dealkylation sites (tertiary alicyclic amines) is 1. The largest absolute Gasteiger partial charge is 0.449 e. The van der Waals surface area contributed by atoms with Gasteiger partial charge in [0.05, 0.1) is 12.6 Å².